The van der Waals surface area contributed by atoms with Gasteiger partial charge in [-0.1, -0.05) is 5.10 Å². The number of aromatic amines is 1. The molecule has 0 unspecified atom stereocenters. The lowest BCUT2D eigenvalue weighted by Crippen LogP contribution is -2.09. The third-order valence-electron chi connectivity index (χ3n) is 0.494. The van der Waals surface area contributed by atoms with E-state index in [0.717, 1.165) is 4.79 Å². The Kier molecular flexibility index (Phi) is 2.43. The average Bonchev–Trinajstić information content (AvgIpc) is 1.91. The van der Waals surface area contributed by atoms with Gasteiger partial charge in [-0.3, -0.25) is 0 Å². The van der Waals surface area contributed by atoms with Crippen LogP contribution in [0.1, 0.15) is 0 Å². The van der Waals surface area contributed by atoms with E-state index in [9.17, 15) is 0 Å². The Morgan fingerprint density at radius 2 is 2.38 bits per heavy atom. The van der Waals surface area contributed by atoms with Crippen molar-refractivity contribution in [1.29, 1.82) is 0 Å². The van der Waals surface area contributed by atoms with Crippen molar-refractivity contribution in [2.45, 2.75) is 0 Å². The second kappa shape index (κ2) is 2.63. The van der Waals surface area contributed by atoms with Crippen molar-refractivity contribution < 1.29 is 0 Å². The van der Waals surface area contributed by atoms with Crippen molar-refractivity contribution in [1.82, 2.24) is 20.3 Å². The molecule has 0 atom stereocenters. The van der Waals surface area contributed by atoms with Crippen molar-refractivity contribution in [3.8, 4) is 0 Å². The maximum Gasteiger partial charge on any atom is 0.258 e. The molecule has 0 radical (unpaired) electrons. The molecule has 0 bridgehead atoms. The van der Waals surface area contributed by atoms with Crippen molar-refractivity contribution in [3.05, 3.63) is 4.77 Å². The topological polar surface area (TPSA) is 72.5 Å². The van der Waals surface area contributed by atoms with Crippen LogP contribution in [-0.2, 0) is 0 Å². The van der Waals surface area contributed by atoms with Crippen LogP contribution in [0.3, 0.4) is 0 Å². The summed E-state index contributed by atoms with van der Waals surface area (Å²) in [5.74, 6) is 5.07. The maximum atomic E-state index is 5.07. The number of hydrogen-bond donors (Lipinski definition) is 2. The van der Waals surface area contributed by atoms with E-state index in [0.29, 0.717) is 0 Å². The molecule has 3 N–H and O–H groups in total. The van der Waals surface area contributed by atoms with Gasteiger partial charge >= 0.3 is 0 Å². The van der Waals surface area contributed by atoms with Crippen molar-refractivity contribution in [2.75, 3.05) is 5.84 Å². The van der Waals surface area contributed by atoms with E-state index in [4.69, 9.17) is 5.84 Å². The van der Waals surface area contributed by atoms with Crippen LogP contribution in [0.15, 0.2) is 0 Å². The SMILES string of the molecule is Cl.Nn1[nH]nnc1=S. The van der Waals surface area contributed by atoms with Crippen LogP contribution in [0.2, 0.25) is 0 Å². The highest BCUT2D eigenvalue weighted by molar-refractivity contribution is 7.71. The van der Waals surface area contributed by atoms with E-state index >= 15 is 0 Å². The summed E-state index contributed by atoms with van der Waals surface area (Å²) in [6.07, 6.45) is 0. The summed E-state index contributed by atoms with van der Waals surface area (Å²) in [7, 11) is 0. The zero-order valence-corrected chi connectivity index (χ0v) is 5.37. The van der Waals surface area contributed by atoms with Crippen molar-refractivity contribution in [2.24, 2.45) is 0 Å². The molecule has 1 heterocycles. The molecule has 1 aromatic heterocycles. The number of nitrogens with zero attached hydrogens (tertiary/aromatic N) is 3. The van der Waals surface area contributed by atoms with Crippen LogP contribution in [0, 0.1) is 4.77 Å². The molecule has 0 spiro atoms. The highest BCUT2D eigenvalue weighted by atomic mass is 35.5. The number of H-pyrrole nitrogens is 1. The van der Waals surface area contributed by atoms with Gasteiger partial charge in [-0.15, -0.1) is 12.4 Å². The van der Waals surface area contributed by atoms with Gasteiger partial charge in [0.05, 0.1) is 0 Å². The molecule has 8 heavy (non-hydrogen) atoms. The fourth-order valence-electron chi connectivity index (χ4n) is 0.204. The average molecular weight is 154 g/mol. The number of aromatic nitrogens is 4. The van der Waals surface area contributed by atoms with Crippen LogP contribution in [0.25, 0.3) is 0 Å². The van der Waals surface area contributed by atoms with Crippen LogP contribution in [0.4, 0.5) is 0 Å². The summed E-state index contributed by atoms with van der Waals surface area (Å²) in [6.45, 7) is 0. The Morgan fingerprint density at radius 1 is 1.75 bits per heavy atom. The summed E-state index contributed by atoms with van der Waals surface area (Å²) in [5, 5.41) is 8.94. The first-order chi connectivity index (χ1) is 3.30. The van der Waals surface area contributed by atoms with E-state index in [1.165, 1.54) is 0 Å². The molecule has 1 aromatic rings. The van der Waals surface area contributed by atoms with E-state index in [1.54, 1.807) is 0 Å². The molecule has 7 heteroatoms. The molecular formula is CH4ClN5S. The minimum Gasteiger partial charge on any atom is -0.321 e. The van der Waals surface area contributed by atoms with Gasteiger partial charge in [0.2, 0.25) is 0 Å². The summed E-state index contributed by atoms with van der Waals surface area (Å²) < 4.78 is 0.250. The maximum absolute atomic E-state index is 5.07. The zero-order chi connectivity index (χ0) is 5.28. The van der Waals surface area contributed by atoms with E-state index in [1.807, 2.05) is 0 Å². The minimum absolute atomic E-state index is 0. The van der Waals surface area contributed by atoms with Gasteiger partial charge in [0.25, 0.3) is 4.77 Å². The summed E-state index contributed by atoms with van der Waals surface area (Å²) in [6, 6.07) is 0. The molecule has 0 saturated carbocycles. The number of nitrogens with one attached hydrogen (secondary N) is 1. The molecule has 0 aliphatic heterocycles. The van der Waals surface area contributed by atoms with Gasteiger partial charge in [-0.05, 0) is 17.4 Å². The Morgan fingerprint density at radius 3 is 2.50 bits per heavy atom. The second-order valence-corrected chi connectivity index (χ2v) is 1.32. The lowest BCUT2D eigenvalue weighted by atomic mass is 11.4. The van der Waals surface area contributed by atoms with Crippen LogP contribution < -0.4 is 5.84 Å². The number of tetrazole rings is 1. The molecule has 0 saturated heterocycles. The Bertz CT molecular complexity index is 200. The number of nitrogen functional groups attached to an aromatic ring is 1. The predicted molar refractivity (Wildman–Crippen MR) is 32.6 cm³/mol. The summed E-state index contributed by atoms with van der Waals surface area (Å²) >= 11 is 4.52. The predicted octanol–water partition coefficient (Wildman–Crippen LogP) is -0.529. The molecule has 1 rings (SSSR count). The molecule has 0 aliphatic rings. The first kappa shape index (κ1) is 7.38. The number of rotatable bonds is 0. The molecule has 5 nitrogen and oxygen atoms in total. The number of hydrogen-bond acceptors (Lipinski definition) is 4. The fourth-order valence-corrected chi connectivity index (χ4v) is 0.286. The van der Waals surface area contributed by atoms with Gasteiger partial charge in [0.1, 0.15) is 0 Å². The lowest BCUT2D eigenvalue weighted by Gasteiger charge is -1.78. The van der Waals surface area contributed by atoms with Crippen LogP contribution >= 0.6 is 24.6 Å². The molecule has 0 fully saturated rings. The highest BCUT2D eigenvalue weighted by Gasteiger charge is 1.80. The quantitative estimate of drug-likeness (QED) is 0.388. The zero-order valence-electron chi connectivity index (χ0n) is 3.74. The third-order valence-corrected chi connectivity index (χ3v) is 0.772. The van der Waals surface area contributed by atoms with E-state index < -0.39 is 0 Å². The normalized spacial score (nSPS) is 8.00. The molecule has 0 aromatic carbocycles. The number of halogens is 1. The molecule has 0 amide bonds. The second-order valence-electron chi connectivity index (χ2n) is 0.953. The van der Waals surface area contributed by atoms with Gasteiger partial charge in [0.15, 0.2) is 0 Å². The minimum atomic E-state index is 0. The molecule has 46 valence electrons. The van der Waals surface area contributed by atoms with Crippen LogP contribution in [0.5, 0.6) is 0 Å². The summed E-state index contributed by atoms with van der Waals surface area (Å²) in [4.78, 5) is 1.05. The molecule has 0 aliphatic carbocycles. The van der Waals surface area contributed by atoms with Crippen LogP contribution in [-0.4, -0.2) is 20.3 Å². The Labute approximate surface area is 56.2 Å². The Hall–Kier alpha value is -0.620. The van der Waals surface area contributed by atoms with Gasteiger partial charge < -0.3 is 5.84 Å². The molecular weight excluding hydrogens is 150 g/mol. The number of nitrogens with two attached hydrogens (primary N) is 1. The van der Waals surface area contributed by atoms with E-state index in [2.05, 4.69) is 27.7 Å². The smallest absolute Gasteiger partial charge is 0.258 e. The van der Waals surface area contributed by atoms with Gasteiger partial charge in [-0.25, -0.2) is 0 Å². The van der Waals surface area contributed by atoms with Gasteiger partial charge in [-0.2, -0.15) is 10.0 Å². The summed E-state index contributed by atoms with van der Waals surface area (Å²) in [5.41, 5.74) is 0. The highest BCUT2D eigenvalue weighted by Crippen LogP contribution is 1.67. The Balaban J connectivity index is 0.000000490. The first-order valence-corrected chi connectivity index (χ1v) is 1.96. The standard InChI is InChI=1S/CH3N5S.ClH/c2-6-1(7)3-4-5-6;/h2H2,(H,3,5,7);1H. The van der Waals surface area contributed by atoms with Crippen molar-refractivity contribution in [3.63, 3.8) is 0 Å². The van der Waals surface area contributed by atoms with Gasteiger partial charge in [0, 0.05) is 0 Å². The lowest BCUT2D eigenvalue weighted by molar-refractivity contribution is 0.752. The largest absolute Gasteiger partial charge is 0.321 e. The third kappa shape index (κ3) is 1.17. The van der Waals surface area contributed by atoms with E-state index in [-0.39, 0.29) is 17.2 Å². The van der Waals surface area contributed by atoms with Crippen molar-refractivity contribution >= 4 is 24.6 Å². The first-order valence-electron chi connectivity index (χ1n) is 1.56. The fraction of sp³-hybridized carbons (Fsp3) is 0. The monoisotopic (exact) mass is 153 g/mol.